The van der Waals surface area contributed by atoms with E-state index in [1.807, 2.05) is 0 Å². The van der Waals surface area contributed by atoms with Crippen LogP contribution in [0.25, 0.3) is 0 Å². The van der Waals surface area contributed by atoms with Crippen LogP contribution < -0.4 is 15.6 Å². The molecule has 200 valence electrons. The van der Waals surface area contributed by atoms with Gasteiger partial charge in [-0.15, -0.1) is 11.3 Å². The fourth-order valence-electron chi connectivity index (χ4n) is 4.05. The predicted molar refractivity (Wildman–Crippen MR) is 138 cm³/mol. The summed E-state index contributed by atoms with van der Waals surface area (Å²) in [7, 11) is 0. The molecule has 0 atom stereocenters. The van der Waals surface area contributed by atoms with Crippen molar-refractivity contribution >= 4 is 40.7 Å². The van der Waals surface area contributed by atoms with E-state index in [0.29, 0.717) is 42.8 Å². The van der Waals surface area contributed by atoms with E-state index < -0.39 is 34.6 Å². The zero-order valence-electron chi connectivity index (χ0n) is 20.6. The minimum absolute atomic E-state index is 0.0566. The molecule has 0 bridgehead atoms. The molecule has 1 aliphatic heterocycles. The fraction of sp³-hybridized carbons (Fsp3) is 0.308. The molecule has 4 rings (SSSR count). The molecule has 0 saturated carbocycles. The van der Waals surface area contributed by atoms with Crippen LogP contribution >= 0.6 is 22.9 Å². The predicted octanol–water partition coefficient (Wildman–Crippen LogP) is 4.71. The maximum atomic E-state index is 13.8. The Morgan fingerprint density at radius 2 is 1.76 bits per heavy atom. The molecule has 2 N–H and O–H groups in total. The van der Waals surface area contributed by atoms with E-state index in [-0.39, 0.29) is 17.5 Å². The summed E-state index contributed by atoms with van der Waals surface area (Å²) in [6, 6.07) is 9.49. The van der Waals surface area contributed by atoms with Crippen LogP contribution in [0.15, 0.2) is 47.8 Å². The minimum Gasteiger partial charge on any atom is -0.476 e. The first-order chi connectivity index (χ1) is 18.0. The zero-order chi connectivity index (χ0) is 27.4. The Morgan fingerprint density at radius 1 is 1.08 bits per heavy atom. The van der Waals surface area contributed by atoms with E-state index in [0.717, 1.165) is 17.1 Å². The second-order valence-corrected chi connectivity index (χ2v) is 10.5. The van der Waals surface area contributed by atoms with E-state index in [1.54, 1.807) is 48.4 Å². The number of hydrazine groups is 1. The van der Waals surface area contributed by atoms with E-state index in [4.69, 9.17) is 16.3 Å². The van der Waals surface area contributed by atoms with Gasteiger partial charge in [-0.1, -0.05) is 23.7 Å². The van der Waals surface area contributed by atoms with E-state index >= 15 is 0 Å². The Labute approximate surface area is 226 Å². The number of rotatable bonds is 6. The van der Waals surface area contributed by atoms with Crippen molar-refractivity contribution in [3.63, 3.8) is 0 Å². The van der Waals surface area contributed by atoms with Gasteiger partial charge in [-0.05, 0) is 51.0 Å². The van der Waals surface area contributed by atoms with Gasteiger partial charge in [0.1, 0.15) is 23.1 Å². The Bertz CT molecular complexity index is 1360. The lowest BCUT2D eigenvalue weighted by Crippen LogP contribution is -2.51. The van der Waals surface area contributed by atoms with Gasteiger partial charge < -0.3 is 9.64 Å². The summed E-state index contributed by atoms with van der Waals surface area (Å²) in [6.07, 6.45) is 1.31. The molecule has 12 heteroatoms. The van der Waals surface area contributed by atoms with Crippen LogP contribution in [0.4, 0.5) is 8.78 Å². The summed E-state index contributed by atoms with van der Waals surface area (Å²) in [5.74, 6) is -3.11. The van der Waals surface area contributed by atoms with E-state index in [9.17, 15) is 23.2 Å². The number of aromatic nitrogens is 1. The zero-order valence-corrected chi connectivity index (χ0v) is 22.2. The number of piperidine rings is 1. The first-order valence-corrected chi connectivity index (χ1v) is 13.0. The average Bonchev–Trinajstić information content (AvgIpc) is 3.38. The maximum absolute atomic E-state index is 13.8. The van der Waals surface area contributed by atoms with Crippen molar-refractivity contribution in [1.82, 2.24) is 20.7 Å². The monoisotopic (exact) mass is 562 g/mol. The Balaban J connectivity index is 1.29. The van der Waals surface area contributed by atoms with Gasteiger partial charge >= 0.3 is 0 Å². The highest BCUT2D eigenvalue weighted by molar-refractivity contribution is 7.09. The molecule has 1 aliphatic rings. The molecular formula is C26H25ClF2N4O4S. The number of hydrogen-bond donors (Lipinski definition) is 2. The molecule has 1 aromatic heterocycles. The fourth-order valence-corrected chi connectivity index (χ4v) is 5.20. The number of ether oxygens (including phenoxy) is 1. The number of amides is 3. The standard InChI is InChI=1S/C26H25ClF2N4O4S/c1-26(2,37-21-6-4-3-5-18(21)27)25(36)33-11-9-15(10-12-33)24-30-20(14-38-24)23(35)32-31-22(34)17-8-7-16(28)13-19(17)29/h3-8,13-15H,9-12H2,1-2H3,(H,31,34)(H,32,35). The van der Waals surface area contributed by atoms with Gasteiger partial charge in [-0.25, -0.2) is 13.8 Å². The second kappa shape index (κ2) is 11.4. The molecular weight excluding hydrogens is 538 g/mol. The van der Waals surface area contributed by atoms with Crippen LogP contribution in [0.5, 0.6) is 5.75 Å². The molecule has 2 heterocycles. The lowest BCUT2D eigenvalue weighted by atomic mass is 9.96. The number of nitrogens with zero attached hydrogens (tertiary/aromatic N) is 2. The molecule has 0 spiro atoms. The second-order valence-electron chi connectivity index (χ2n) is 9.21. The number of hydrogen-bond acceptors (Lipinski definition) is 6. The molecule has 1 fully saturated rings. The molecule has 2 aromatic carbocycles. The quantitative estimate of drug-likeness (QED) is 0.424. The van der Waals surface area contributed by atoms with Crippen LogP contribution in [-0.4, -0.2) is 46.3 Å². The normalized spacial score (nSPS) is 14.2. The van der Waals surface area contributed by atoms with Crippen molar-refractivity contribution in [3.8, 4) is 5.75 Å². The third-order valence-corrected chi connectivity index (χ3v) is 7.39. The highest BCUT2D eigenvalue weighted by Crippen LogP contribution is 2.33. The summed E-state index contributed by atoms with van der Waals surface area (Å²) in [6.45, 7) is 4.41. The Morgan fingerprint density at radius 3 is 2.45 bits per heavy atom. The van der Waals surface area contributed by atoms with Crippen LogP contribution in [0.2, 0.25) is 5.02 Å². The average molecular weight is 563 g/mol. The van der Waals surface area contributed by atoms with Crippen molar-refractivity contribution in [1.29, 1.82) is 0 Å². The number of nitrogens with one attached hydrogen (secondary N) is 2. The summed E-state index contributed by atoms with van der Waals surface area (Å²) in [5.41, 5.74) is 2.87. The number of halogens is 3. The molecule has 1 saturated heterocycles. The summed E-state index contributed by atoms with van der Waals surface area (Å²) in [5, 5.41) is 2.73. The molecule has 0 aliphatic carbocycles. The van der Waals surface area contributed by atoms with Gasteiger partial charge in [0.15, 0.2) is 5.60 Å². The Kier molecular flexibility index (Phi) is 8.27. The number of likely N-dealkylation sites (tertiary alicyclic amines) is 1. The van der Waals surface area contributed by atoms with Crippen molar-refractivity contribution in [2.24, 2.45) is 0 Å². The van der Waals surface area contributed by atoms with E-state index in [2.05, 4.69) is 15.8 Å². The third kappa shape index (κ3) is 6.28. The lowest BCUT2D eigenvalue weighted by molar-refractivity contribution is -0.146. The maximum Gasteiger partial charge on any atom is 0.289 e. The molecule has 3 aromatic rings. The largest absolute Gasteiger partial charge is 0.476 e. The number of benzene rings is 2. The first-order valence-electron chi connectivity index (χ1n) is 11.8. The van der Waals surface area contributed by atoms with Crippen molar-refractivity contribution < 1.29 is 27.9 Å². The SMILES string of the molecule is CC(C)(Oc1ccccc1Cl)C(=O)N1CCC(c2nc(C(=O)NNC(=O)c3ccc(F)cc3F)cs2)CC1. The van der Waals surface area contributed by atoms with Crippen LogP contribution in [0.1, 0.15) is 58.5 Å². The highest BCUT2D eigenvalue weighted by Gasteiger charge is 2.37. The summed E-state index contributed by atoms with van der Waals surface area (Å²) >= 11 is 7.48. The third-order valence-electron chi connectivity index (χ3n) is 6.07. The Hall–Kier alpha value is -3.57. The van der Waals surface area contributed by atoms with Gasteiger partial charge in [0.05, 0.1) is 15.6 Å². The number of carbonyl (C=O) groups is 3. The van der Waals surface area contributed by atoms with Crippen molar-refractivity contribution in [2.75, 3.05) is 13.1 Å². The van der Waals surface area contributed by atoms with E-state index in [1.165, 1.54) is 11.3 Å². The first kappa shape index (κ1) is 27.5. The molecule has 0 radical (unpaired) electrons. The number of para-hydroxylation sites is 1. The smallest absolute Gasteiger partial charge is 0.289 e. The molecule has 8 nitrogen and oxygen atoms in total. The van der Waals surface area contributed by atoms with Crippen LogP contribution in [-0.2, 0) is 4.79 Å². The van der Waals surface area contributed by atoms with Crippen molar-refractivity contribution in [3.05, 3.63) is 80.8 Å². The van der Waals surface area contributed by atoms with Crippen molar-refractivity contribution in [2.45, 2.75) is 38.2 Å². The van der Waals surface area contributed by atoms with Crippen LogP contribution in [0.3, 0.4) is 0 Å². The van der Waals surface area contributed by atoms with Gasteiger partial charge in [-0.3, -0.25) is 25.2 Å². The number of thiazole rings is 1. The lowest BCUT2D eigenvalue weighted by Gasteiger charge is -2.36. The summed E-state index contributed by atoms with van der Waals surface area (Å²) in [4.78, 5) is 43.8. The topological polar surface area (TPSA) is 101 Å². The molecule has 38 heavy (non-hydrogen) atoms. The van der Waals surface area contributed by atoms with Gasteiger partial charge in [-0.2, -0.15) is 0 Å². The highest BCUT2D eigenvalue weighted by atomic mass is 35.5. The minimum atomic E-state index is -1.11. The van der Waals surface area contributed by atoms with Gasteiger partial charge in [0, 0.05) is 30.5 Å². The van der Waals surface area contributed by atoms with Crippen LogP contribution in [0, 0.1) is 11.6 Å². The summed E-state index contributed by atoms with van der Waals surface area (Å²) < 4.78 is 32.7. The molecule has 0 unspecified atom stereocenters. The molecule has 3 amide bonds. The van der Waals surface area contributed by atoms with Gasteiger partial charge in [0.25, 0.3) is 17.7 Å². The van der Waals surface area contributed by atoms with Gasteiger partial charge in [0.2, 0.25) is 0 Å². The number of carbonyl (C=O) groups excluding carboxylic acids is 3.